The van der Waals surface area contributed by atoms with Gasteiger partial charge in [0.2, 0.25) is 11.8 Å². The molecule has 1 saturated carbocycles. The highest BCUT2D eigenvalue weighted by Crippen LogP contribution is 2.39. The molecule has 0 aromatic carbocycles. The Morgan fingerprint density at radius 1 is 1.32 bits per heavy atom. The number of nitrogens with one attached hydrogen (secondary N) is 1. The van der Waals surface area contributed by atoms with E-state index in [1.165, 1.54) is 0 Å². The lowest BCUT2D eigenvalue weighted by atomic mass is 9.87. The Labute approximate surface area is 115 Å². The summed E-state index contributed by atoms with van der Waals surface area (Å²) < 4.78 is 0. The lowest BCUT2D eigenvalue weighted by Gasteiger charge is -2.49. The van der Waals surface area contributed by atoms with Crippen LogP contribution in [0.2, 0.25) is 0 Å². The Morgan fingerprint density at radius 2 is 1.89 bits per heavy atom. The number of hydrogen-bond acceptors (Lipinski definition) is 2. The Morgan fingerprint density at radius 3 is 2.37 bits per heavy atom. The van der Waals surface area contributed by atoms with E-state index in [0.717, 1.165) is 25.7 Å². The van der Waals surface area contributed by atoms with Crippen molar-refractivity contribution in [3.05, 3.63) is 0 Å². The van der Waals surface area contributed by atoms with Gasteiger partial charge in [0.25, 0.3) is 0 Å². The van der Waals surface area contributed by atoms with Gasteiger partial charge in [0.15, 0.2) is 0 Å². The van der Waals surface area contributed by atoms with Crippen LogP contribution in [0.4, 0.5) is 0 Å². The minimum atomic E-state index is -0.333. The first-order valence-corrected chi connectivity index (χ1v) is 7.54. The minimum Gasteiger partial charge on any atom is -0.343 e. The van der Waals surface area contributed by atoms with E-state index in [9.17, 15) is 9.59 Å². The van der Waals surface area contributed by atoms with Crippen LogP contribution in [0, 0.1) is 5.92 Å². The Bertz CT molecular complexity index is 372. The van der Waals surface area contributed by atoms with Crippen molar-refractivity contribution in [3.63, 3.8) is 0 Å². The SMILES string of the molecule is CCC1NC(=O)C(C(C)C)N(C2(C)CCCC2)C1=O. The molecule has 1 aliphatic carbocycles. The van der Waals surface area contributed by atoms with Crippen molar-refractivity contribution in [1.82, 2.24) is 10.2 Å². The summed E-state index contributed by atoms with van der Waals surface area (Å²) in [5, 5.41) is 2.89. The van der Waals surface area contributed by atoms with Crippen molar-refractivity contribution < 1.29 is 9.59 Å². The molecule has 2 rings (SSSR count). The first-order chi connectivity index (χ1) is 8.90. The molecule has 0 bridgehead atoms. The molecule has 2 amide bonds. The number of carbonyl (C=O) groups excluding carboxylic acids is 2. The smallest absolute Gasteiger partial charge is 0.246 e. The van der Waals surface area contributed by atoms with E-state index < -0.39 is 0 Å². The lowest BCUT2D eigenvalue weighted by Crippen LogP contribution is -2.69. The average Bonchev–Trinajstić information content (AvgIpc) is 2.78. The molecule has 2 fully saturated rings. The first-order valence-electron chi connectivity index (χ1n) is 7.54. The molecule has 0 spiro atoms. The van der Waals surface area contributed by atoms with E-state index >= 15 is 0 Å². The summed E-state index contributed by atoms with van der Waals surface area (Å²) in [7, 11) is 0. The quantitative estimate of drug-likeness (QED) is 0.850. The third kappa shape index (κ3) is 2.37. The van der Waals surface area contributed by atoms with E-state index in [1.807, 2.05) is 25.7 Å². The van der Waals surface area contributed by atoms with Gasteiger partial charge in [-0.1, -0.05) is 33.6 Å². The van der Waals surface area contributed by atoms with Gasteiger partial charge < -0.3 is 10.2 Å². The number of amides is 2. The zero-order valence-corrected chi connectivity index (χ0v) is 12.5. The van der Waals surface area contributed by atoms with E-state index in [2.05, 4.69) is 12.2 Å². The van der Waals surface area contributed by atoms with Crippen LogP contribution in [0.25, 0.3) is 0 Å². The number of piperazine rings is 1. The molecule has 1 N–H and O–H groups in total. The number of hydrogen-bond donors (Lipinski definition) is 1. The molecule has 1 saturated heterocycles. The number of nitrogens with zero attached hydrogens (tertiary/aromatic N) is 1. The number of carbonyl (C=O) groups is 2. The second kappa shape index (κ2) is 5.14. The van der Waals surface area contributed by atoms with Gasteiger partial charge in [-0.3, -0.25) is 9.59 Å². The standard InChI is InChI=1S/C15H26N2O2/c1-5-11-14(19)17(15(4)8-6-7-9-15)12(10(2)3)13(18)16-11/h10-12H,5-9H2,1-4H3,(H,16,18). The van der Waals surface area contributed by atoms with Gasteiger partial charge in [0, 0.05) is 5.54 Å². The van der Waals surface area contributed by atoms with Crippen molar-refractivity contribution in [2.75, 3.05) is 0 Å². The van der Waals surface area contributed by atoms with Gasteiger partial charge in [-0.05, 0) is 32.1 Å². The largest absolute Gasteiger partial charge is 0.343 e. The predicted molar refractivity (Wildman–Crippen MR) is 74.6 cm³/mol. The van der Waals surface area contributed by atoms with Gasteiger partial charge in [-0.25, -0.2) is 0 Å². The molecular weight excluding hydrogens is 240 g/mol. The maximum atomic E-state index is 12.7. The normalized spacial score (nSPS) is 30.9. The molecule has 0 aromatic heterocycles. The van der Waals surface area contributed by atoms with E-state index in [4.69, 9.17) is 0 Å². The molecule has 0 aromatic rings. The van der Waals surface area contributed by atoms with E-state index in [0.29, 0.717) is 6.42 Å². The fourth-order valence-electron chi connectivity index (χ4n) is 3.60. The van der Waals surface area contributed by atoms with Crippen LogP contribution >= 0.6 is 0 Å². The molecule has 2 aliphatic rings. The Kier molecular flexibility index (Phi) is 3.88. The summed E-state index contributed by atoms with van der Waals surface area (Å²) in [5.74, 6) is 0.291. The van der Waals surface area contributed by atoms with Crippen molar-refractivity contribution in [3.8, 4) is 0 Å². The van der Waals surface area contributed by atoms with Crippen molar-refractivity contribution >= 4 is 11.8 Å². The first kappa shape index (κ1) is 14.4. The summed E-state index contributed by atoms with van der Waals surface area (Å²) in [6, 6.07) is -0.640. The molecular formula is C15H26N2O2. The highest BCUT2D eigenvalue weighted by atomic mass is 16.2. The fraction of sp³-hybridized carbons (Fsp3) is 0.867. The molecule has 2 atom stereocenters. The Balaban J connectivity index is 2.36. The summed E-state index contributed by atoms with van der Waals surface area (Å²) in [4.78, 5) is 27.0. The van der Waals surface area contributed by atoms with Crippen LogP contribution in [0.15, 0.2) is 0 Å². The third-order valence-corrected chi connectivity index (χ3v) is 4.70. The molecule has 4 heteroatoms. The molecule has 2 unspecified atom stereocenters. The molecule has 19 heavy (non-hydrogen) atoms. The van der Waals surface area contributed by atoms with Crippen LogP contribution in [0.5, 0.6) is 0 Å². The summed E-state index contributed by atoms with van der Waals surface area (Å²) in [6.45, 7) is 8.15. The van der Waals surface area contributed by atoms with Crippen LogP contribution < -0.4 is 5.32 Å². The van der Waals surface area contributed by atoms with Crippen molar-refractivity contribution in [2.24, 2.45) is 5.92 Å². The molecule has 4 nitrogen and oxygen atoms in total. The molecule has 1 heterocycles. The van der Waals surface area contributed by atoms with E-state index in [-0.39, 0.29) is 35.4 Å². The highest BCUT2D eigenvalue weighted by Gasteiger charge is 2.49. The van der Waals surface area contributed by atoms with Crippen LogP contribution in [-0.4, -0.2) is 34.3 Å². The average molecular weight is 266 g/mol. The maximum Gasteiger partial charge on any atom is 0.246 e. The van der Waals surface area contributed by atoms with Crippen LogP contribution in [-0.2, 0) is 9.59 Å². The molecule has 0 radical (unpaired) electrons. The fourth-order valence-corrected chi connectivity index (χ4v) is 3.60. The van der Waals surface area contributed by atoms with Gasteiger partial charge >= 0.3 is 0 Å². The van der Waals surface area contributed by atoms with Gasteiger partial charge in [-0.2, -0.15) is 0 Å². The predicted octanol–water partition coefficient (Wildman–Crippen LogP) is 2.08. The summed E-state index contributed by atoms with van der Waals surface area (Å²) >= 11 is 0. The van der Waals surface area contributed by atoms with Crippen LogP contribution in [0.1, 0.15) is 59.8 Å². The second-order valence-corrected chi connectivity index (χ2v) is 6.57. The zero-order valence-electron chi connectivity index (χ0n) is 12.5. The van der Waals surface area contributed by atoms with Gasteiger partial charge in [0.1, 0.15) is 12.1 Å². The molecule has 108 valence electrons. The van der Waals surface area contributed by atoms with Crippen molar-refractivity contribution in [2.45, 2.75) is 77.4 Å². The minimum absolute atomic E-state index is 0.0228. The van der Waals surface area contributed by atoms with Gasteiger partial charge in [-0.15, -0.1) is 0 Å². The third-order valence-electron chi connectivity index (χ3n) is 4.70. The van der Waals surface area contributed by atoms with Crippen molar-refractivity contribution in [1.29, 1.82) is 0 Å². The van der Waals surface area contributed by atoms with Crippen LogP contribution in [0.3, 0.4) is 0 Å². The second-order valence-electron chi connectivity index (χ2n) is 6.57. The van der Waals surface area contributed by atoms with Gasteiger partial charge in [0.05, 0.1) is 0 Å². The molecule has 1 aliphatic heterocycles. The summed E-state index contributed by atoms with van der Waals surface area (Å²) in [6.07, 6.45) is 5.02. The van der Waals surface area contributed by atoms with E-state index in [1.54, 1.807) is 0 Å². The zero-order chi connectivity index (χ0) is 14.2. The topological polar surface area (TPSA) is 49.4 Å². The summed E-state index contributed by atoms with van der Waals surface area (Å²) in [5.41, 5.74) is -0.128. The monoisotopic (exact) mass is 266 g/mol. The highest BCUT2D eigenvalue weighted by molar-refractivity contribution is 5.97. The number of rotatable bonds is 3. The lowest BCUT2D eigenvalue weighted by molar-refractivity contribution is -0.158. The maximum absolute atomic E-state index is 12.7. The Hall–Kier alpha value is -1.06.